The monoisotopic (exact) mass is 176 g/mol. The summed E-state index contributed by atoms with van der Waals surface area (Å²) < 4.78 is 16.3. The fourth-order valence-corrected chi connectivity index (χ4v) is 1.76. The number of allylic oxidation sites excluding steroid dienone is 1. The van der Waals surface area contributed by atoms with Crippen molar-refractivity contribution in [2.24, 2.45) is 0 Å². The molecule has 2 nitrogen and oxygen atoms in total. The average molecular weight is 176 g/mol. The average Bonchev–Trinajstić information content (AvgIpc) is 2.00. The Labute approximate surface area is 69.5 Å². The van der Waals surface area contributed by atoms with Crippen LogP contribution >= 0.6 is 8.03 Å². The molecular formula is C8H17O2P. The summed E-state index contributed by atoms with van der Waals surface area (Å²) in [4.78, 5) is 0. The first kappa shape index (κ1) is 10.9. The van der Waals surface area contributed by atoms with Crippen molar-refractivity contribution in [3.63, 3.8) is 0 Å². The Morgan fingerprint density at radius 2 is 2.36 bits per heavy atom. The summed E-state index contributed by atoms with van der Waals surface area (Å²) in [7, 11) is -1.78. The molecule has 0 aromatic rings. The second-order valence-electron chi connectivity index (χ2n) is 2.54. The first-order valence-corrected chi connectivity index (χ1v) is 5.53. The van der Waals surface area contributed by atoms with E-state index in [-0.39, 0.29) is 6.10 Å². The zero-order valence-corrected chi connectivity index (χ0v) is 8.30. The van der Waals surface area contributed by atoms with Crippen LogP contribution in [0.3, 0.4) is 0 Å². The molecule has 0 saturated heterocycles. The second kappa shape index (κ2) is 6.63. The van der Waals surface area contributed by atoms with Gasteiger partial charge in [0.05, 0.1) is 6.10 Å². The van der Waals surface area contributed by atoms with E-state index in [1.165, 1.54) is 0 Å². The molecule has 0 saturated carbocycles. The third-order valence-corrected chi connectivity index (χ3v) is 2.82. The van der Waals surface area contributed by atoms with Gasteiger partial charge in [-0.05, 0) is 19.8 Å². The van der Waals surface area contributed by atoms with Crippen LogP contribution in [0.4, 0.5) is 0 Å². The van der Waals surface area contributed by atoms with Crippen LogP contribution in [-0.4, -0.2) is 12.3 Å². The van der Waals surface area contributed by atoms with E-state index in [2.05, 4.69) is 6.58 Å². The summed E-state index contributed by atoms with van der Waals surface area (Å²) in [5, 5.41) is 0. The maximum absolute atomic E-state index is 11.1. The maximum Gasteiger partial charge on any atom is 0.192 e. The first-order chi connectivity index (χ1) is 5.20. The van der Waals surface area contributed by atoms with Gasteiger partial charge in [-0.2, -0.15) is 0 Å². The van der Waals surface area contributed by atoms with Crippen molar-refractivity contribution in [1.82, 2.24) is 0 Å². The molecule has 0 rings (SSSR count). The van der Waals surface area contributed by atoms with E-state index in [1.54, 1.807) is 6.08 Å². The van der Waals surface area contributed by atoms with Gasteiger partial charge in [0, 0.05) is 6.16 Å². The molecule has 3 heteroatoms. The number of hydrogen-bond donors (Lipinski definition) is 0. The fourth-order valence-electron chi connectivity index (χ4n) is 0.587. The van der Waals surface area contributed by atoms with E-state index in [0.29, 0.717) is 6.16 Å². The molecule has 0 amide bonds. The summed E-state index contributed by atoms with van der Waals surface area (Å²) in [6.45, 7) is 7.52. The topological polar surface area (TPSA) is 26.3 Å². The molecule has 2 unspecified atom stereocenters. The molecule has 0 aliphatic rings. The van der Waals surface area contributed by atoms with Gasteiger partial charge >= 0.3 is 0 Å². The lowest BCUT2D eigenvalue weighted by atomic mass is 10.3. The van der Waals surface area contributed by atoms with Gasteiger partial charge in [-0.15, -0.1) is 6.58 Å². The van der Waals surface area contributed by atoms with Gasteiger partial charge in [0.15, 0.2) is 8.03 Å². The van der Waals surface area contributed by atoms with Gasteiger partial charge in [-0.3, -0.25) is 4.57 Å². The molecule has 0 aromatic carbocycles. The Balaban J connectivity index is 3.43. The predicted molar refractivity (Wildman–Crippen MR) is 49.5 cm³/mol. The zero-order chi connectivity index (χ0) is 8.69. The van der Waals surface area contributed by atoms with Crippen LogP contribution in [-0.2, 0) is 9.09 Å². The van der Waals surface area contributed by atoms with Crippen molar-refractivity contribution in [3.8, 4) is 0 Å². The molecule has 0 aromatic heterocycles. The summed E-state index contributed by atoms with van der Waals surface area (Å²) in [6, 6.07) is 0. The molecule has 0 aliphatic heterocycles. The smallest absolute Gasteiger partial charge is 0.192 e. The first-order valence-electron chi connectivity index (χ1n) is 4.01. The third-order valence-electron chi connectivity index (χ3n) is 1.46. The van der Waals surface area contributed by atoms with Crippen molar-refractivity contribution < 1.29 is 9.09 Å². The molecule has 0 fully saturated rings. The Morgan fingerprint density at radius 1 is 1.73 bits per heavy atom. The molecule has 2 atom stereocenters. The van der Waals surface area contributed by atoms with E-state index in [9.17, 15) is 4.57 Å². The minimum Gasteiger partial charge on any atom is -0.327 e. The normalized spacial score (nSPS) is 15.8. The lowest BCUT2D eigenvalue weighted by Crippen LogP contribution is -2.00. The van der Waals surface area contributed by atoms with Crippen LogP contribution in [0.5, 0.6) is 0 Å². The Kier molecular flexibility index (Phi) is 6.59. The van der Waals surface area contributed by atoms with Crippen LogP contribution in [0.1, 0.15) is 26.7 Å². The Hall–Kier alpha value is -0.0700. The van der Waals surface area contributed by atoms with Crippen molar-refractivity contribution in [2.45, 2.75) is 32.8 Å². The Morgan fingerprint density at radius 3 is 2.82 bits per heavy atom. The summed E-state index contributed by atoms with van der Waals surface area (Å²) in [5.74, 6) is 0. The minimum atomic E-state index is -1.78. The molecule has 0 radical (unpaired) electrons. The van der Waals surface area contributed by atoms with Gasteiger partial charge in [0.2, 0.25) is 0 Å². The standard InChI is InChI=1S/C8H17O2P/c1-4-6-7-11(9)10-8(3)5-2/h4,8,11H,1,5-7H2,2-3H3. The lowest BCUT2D eigenvalue weighted by Gasteiger charge is -2.08. The van der Waals surface area contributed by atoms with Crippen molar-refractivity contribution in [2.75, 3.05) is 6.16 Å². The van der Waals surface area contributed by atoms with Crippen LogP contribution in [0, 0.1) is 0 Å². The van der Waals surface area contributed by atoms with Crippen molar-refractivity contribution >= 4 is 8.03 Å². The van der Waals surface area contributed by atoms with Crippen molar-refractivity contribution in [3.05, 3.63) is 12.7 Å². The van der Waals surface area contributed by atoms with Gasteiger partial charge in [-0.1, -0.05) is 13.0 Å². The summed E-state index contributed by atoms with van der Waals surface area (Å²) >= 11 is 0. The van der Waals surface area contributed by atoms with Crippen LogP contribution < -0.4 is 0 Å². The highest BCUT2D eigenvalue weighted by Crippen LogP contribution is 2.26. The number of rotatable bonds is 6. The predicted octanol–water partition coefficient (Wildman–Crippen LogP) is 2.85. The Bertz CT molecular complexity index is 134. The van der Waals surface area contributed by atoms with E-state index < -0.39 is 8.03 Å². The zero-order valence-electron chi connectivity index (χ0n) is 7.30. The number of hydrogen-bond acceptors (Lipinski definition) is 2. The van der Waals surface area contributed by atoms with Crippen LogP contribution in [0.25, 0.3) is 0 Å². The largest absolute Gasteiger partial charge is 0.327 e. The van der Waals surface area contributed by atoms with Crippen LogP contribution in [0.2, 0.25) is 0 Å². The van der Waals surface area contributed by atoms with Crippen molar-refractivity contribution in [1.29, 1.82) is 0 Å². The molecular weight excluding hydrogens is 159 g/mol. The minimum absolute atomic E-state index is 0.131. The second-order valence-corrected chi connectivity index (χ2v) is 4.02. The van der Waals surface area contributed by atoms with E-state index in [0.717, 1.165) is 12.8 Å². The van der Waals surface area contributed by atoms with Crippen LogP contribution in [0.15, 0.2) is 12.7 Å². The van der Waals surface area contributed by atoms with E-state index in [4.69, 9.17) is 4.52 Å². The van der Waals surface area contributed by atoms with E-state index >= 15 is 0 Å². The summed E-state index contributed by atoms with van der Waals surface area (Å²) in [6.07, 6.45) is 4.24. The SMILES string of the molecule is C=CCC[PH](=O)OC(C)CC. The lowest BCUT2D eigenvalue weighted by molar-refractivity contribution is 0.231. The fraction of sp³-hybridized carbons (Fsp3) is 0.750. The van der Waals surface area contributed by atoms with Gasteiger partial charge in [-0.25, -0.2) is 0 Å². The molecule has 0 bridgehead atoms. The quantitative estimate of drug-likeness (QED) is 0.459. The van der Waals surface area contributed by atoms with Gasteiger partial charge < -0.3 is 4.52 Å². The molecule has 0 spiro atoms. The highest BCUT2D eigenvalue weighted by molar-refractivity contribution is 7.39. The molecule has 11 heavy (non-hydrogen) atoms. The summed E-state index contributed by atoms with van der Waals surface area (Å²) in [5.41, 5.74) is 0. The molecule has 0 N–H and O–H groups in total. The van der Waals surface area contributed by atoms with Gasteiger partial charge in [0.1, 0.15) is 0 Å². The molecule has 66 valence electrons. The van der Waals surface area contributed by atoms with Gasteiger partial charge in [0.25, 0.3) is 0 Å². The third kappa shape index (κ3) is 6.33. The maximum atomic E-state index is 11.1. The molecule has 0 aliphatic carbocycles. The van der Waals surface area contributed by atoms with E-state index in [1.807, 2.05) is 13.8 Å². The molecule has 0 heterocycles. The highest BCUT2D eigenvalue weighted by Gasteiger charge is 2.03. The highest BCUT2D eigenvalue weighted by atomic mass is 31.1.